The van der Waals surface area contributed by atoms with Gasteiger partial charge in [-0.05, 0) is 11.6 Å². The van der Waals surface area contributed by atoms with Crippen LogP contribution in [0.1, 0.15) is 0 Å². The number of nitro groups is 1. The Balaban J connectivity index is 3.49. The summed E-state index contributed by atoms with van der Waals surface area (Å²) in [6, 6.07) is 0. The standard InChI is InChI=1S/C4H3ClN4O3/c5-4-7-2(6)1(9(11)12)3(10)8-4/h(H3,6,7,8,10). The number of H-pyrrole nitrogens is 1. The third kappa shape index (κ3) is 1.35. The van der Waals surface area contributed by atoms with Gasteiger partial charge in [-0.3, -0.25) is 19.9 Å². The fourth-order valence-electron chi connectivity index (χ4n) is 0.632. The third-order valence-electron chi connectivity index (χ3n) is 1.08. The maximum Gasteiger partial charge on any atom is 0.375 e. The van der Waals surface area contributed by atoms with Crippen LogP contribution in [0.3, 0.4) is 0 Å². The van der Waals surface area contributed by atoms with Crippen molar-refractivity contribution in [2.45, 2.75) is 0 Å². The molecular formula is C4H3ClN4O3. The number of hydrogen-bond acceptors (Lipinski definition) is 5. The summed E-state index contributed by atoms with van der Waals surface area (Å²) in [5.41, 5.74) is 3.31. The zero-order valence-corrected chi connectivity index (χ0v) is 6.33. The largest absolute Gasteiger partial charge is 0.378 e. The molecule has 7 nitrogen and oxygen atoms in total. The highest BCUT2D eigenvalue weighted by atomic mass is 35.5. The summed E-state index contributed by atoms with van der Waals surface area (Å²) in [7, 11) is 0. The SMILES string of the molecule is Nc1nc(Cl)[nH]c(=O)c1[N+](=O)[O-]. The first-order valence-corrected chi connectivity index (χ1v) is 3.10. The Bertz CT molecular complexity index is 386. The summed E-state index contributed by atoms with van der Waals surface area (Å²) in [5, 5.41) is 9.90. The van der Waals surface area contributed by atoms with E-state index in [0.717, 1.165) is 0 Å². The molecule has 12 heavy (non-hydrogen) atoms. The lowest BCUT2D eigenvalue weighted by Crippen LogP contribution is -2.15. The van der Waals surface area contributed by atoms with Gasteiger partial charge in [-0.15, -0.1) is 0 Å². The quantitative estimate of drug-likeness (QED) is 0.365. The lowest BCUT2D eigenvalue weighted by atomic mass is 10.5. The molecule has 1 aromatic heterocycles. The second-order valence-electron chi connectivity index (χ2n) is 1.85. The molecule has 3 N–H and O–H groups in total. The molecule has 0 amide bonds. The van der Waals surface area contributed by atoms with Crippen molar-refractivity contribution in [3.8, 4) is 0 Å². The van der Waals surface area contributed by atoms with Crippen LogP contribution in [0.25, 0.3) is 0 Å². The predicted octanol–water partition coefficient (Wildman–Crippen LogP) is -0.0863. The zero-order chi connectivity index (χ0) is 9.30. The van der Waals surface area contributed by atoms with Gasteiger partial charge < -0.3 is 5.73 Å². The van der Waals surface area contributed by atoms with E-state index < -0.39 is 22.0 Å². The van der Waals surface area contributed by atoms with Gasteiger partial charge in [-0.2, -0.15) is 4.98 Å². The predicted molar refractivity (Wildman–Crippen MR) is 40.9 cm³/mol. The first-order valence-electron chi connectivity index (χ1n) is 2.72. The van der Waals surface area contributed by atoms with Gasteiger partial charge in [-0.1, -0.05) is 0 Å². The number of rotatable bonds is 1. The first kappa shape index (κ1) is 8.47. The summed E-state index contributed by atoms with van der Waals surface area (Å²) in [6.07, 6.45) is 0. The van der Waals surface area contributed by atoms with E-state index in [4.69, 9.17) is 17.3 Å². The van der Waals surface area contributed by atoms with Crippen molar-refractivity contribution in [3.05, 3.63) is 25.8 Å². The normalized spacial score (nSPS) is 9.75. The highest BCUT2D eigenvalue weighted by Crippen LogP contribution is 2.12. The lowest BCUT2D eigenvalue weighted by molar-refractivity contribution is -0.385. The van der Waals surface area contributed by atoms with Crippen LogP contribution in [0.5, 0.6) is 0 Å². The highest BCUT2D eigenvalue weighted by molar-refractivity contribution is 6.28. The van der Waals surface area contributed by atoms with Gasteiger partial charge in [0, 0.05) is 0 Å². The molecule has 0 aliphatic rings. The van der Waals surface area contributed by atoms with Crippen molar-refractivity contribution >= 4 is 23.1 Å². The number of aromatic nitrogens is 2. The van der Waals surface area contributed by atoms with E-state index in [1.54, 1.807) is 0 Å². The van der Waals surface area contributed by atoms with Crippen molar-refractivity contribution < 1.29 is 4.92 Å². The van der Waals surface area contributed by atoms with Gasteiger partial charge in [0.05, 0.1) is 4.92 Å². The third-order valence-corrected chi connectivity index (χ3v) is 1.25. The Morgan fingerprint density at radius 3 is 2.67 bits per heavy atom. The van der Waals surface area contributed by atoms with Crippen LogP contribution in [0.2, 0.25) is 5.28 Å². The molecule has 8 heteroatoms. The summed E-state index contributed by atoms with van der Waals surface area (Å²) in [5.74, 6) is -0.492. The molecule has 0 atom stereocenters. The molecule has 0 bridgehead atoms. The van der Waals surface area contributed by atoms with E-state index in [0.29, 0.717) is 0 Å². The van der Waals surface area contributed by atoms with E-state index in [1.165, 1.54) is 0 Å². The topological polar surface area (TPSA) is 115 Å². The van der Waals surface area contributed by atoms with Crippen LogP contribution in [-0.4, -0.2) is 14.9 Å². The molecule has 0 aliphatic heterocycles. The van der Waals surface area contributed by atoms with Crippen LogP contribution in [-0.2, 0) is 0 Å². The number of nitrogens with two attached hydrogens (primary N) is 1. The zero-order valence-electron chi connectivity index (χ0n) is 5.57. The smallest absolute Gasteiger partial charge is 0.375 e. The van der Waals surface area contributed by atoms with Crippen molar-refractivity contribution in [3.63, 3.8) is 0 Å². The molecule has 0 fully saturated rings. The molecule has 0 saturated heterocycles. The average Bonchev–Trinajstić information content (AvgIpc) is 1.82. The van der Waals surface area contributed by atoms with Crippen LogP contribution < -0.4 is 11.3 Å². The van der Waals surface area contributed by atoms with Crippen LogP contribution in [0.4, 0.5) is 11.5 Å². The monoisotopic (exact) mass is 190 g/mol. The molecular weight excluding hydrogens is 188 g/mol. The van der Waals surface area contributed by atoms with Gasteiger partial charge in [0.1, 0.15) is 0 Å². The number of halogens is 1. The van der Waals surface area contributed by atoms with E-state index in [9.17, 15) is 14.9 Å². The molecule has 0 aromatic carbocycles. The Morgan fingerprint density at radius 1 is 1.67 bits per heavy atom. The minimum Gasteiger partial charge on any atom is -0.378 e. The number of aromatic amines is 1. The highest BCUT2D eigenvalue weighted by Gasteiger charge is 2.18. The van der Waals surface area contributed by atoms with Crippen LogP contribution >= 0.6 is 11.6 Å². The van der Waals surface area contributed by atoms with Gasteiger partial charge in [0.15, 0.2) is 0 Å². The Hall–Kier alpha value is -1.63. The van der Waals surface area contributed by atoms with Crippen molar-refractivity contribution in [2.24, 2.45) is 0 Å². The van der Waals surface area contributed by atoms with Gasteiger partial charge in [0.25, 0.3) is 0 Å². The van der Waals surface area contributed by atoms with Crippen LogP contribution in [0.15, 0.2) is 4.79 Å². The van der Waals surface area contributed by atoms with Gasteiger partial charge >= 0.3 is 11.2 Å². The Morgan fingerprint density at radius 2 is 2.25 bits per heavy atom. The molecule has 64 valence electrons. The fourth-order valence-corrected chi connectivity index (χ4v) is 0.809. The van der Waals surface area contributed by atoms with Gasteiger partial charge in [0.2, 0.25) is 11.1 Å². The van der Waals surface area contributed by atoms with Crippen molar-refractivity contribution in [2.75, 3.05) is 5.73 Å². The maximum atomic E-state index is 10.8. The van der Waals surface area contributed by atoms with Gasteiger partial charge in [-0.25, -0.2) is 0 Å². The van der Waals surface area contributed by atoms with E-state index >= 15 is 0 Å². The summed E-state index contributed by atoms with van der Waals surface area (Å²) in [4.78, 5) is 25.3. The molecule has 0 spiro atoms. The fraction of sp³-hybridized carbons (Fsp3) is 0. The van der Waals surface area contributed by atoms with Crippen molar-refractivity contribution in [1.29, 1.82) is 0 Å². The van der Waals surface area contributed by atoms with Crippen LogP contribution in [0, 0.1) is 10.1 Å². The molecule has 0 radical (unpaired) electrons. The second-order valence-corrected chi connectivity index (χ2v) is 2.21. The molecule has 1 aromatic rings. The maximum absolute atomic E-state index is 10.8. The van der Waals surface area contributed by atoms with E-state index in [2.05, 4.69) is 4.98 Å². The first-order chi connectivity index (χ1) is 5.52. The minimum absolute atomic E-state index is 0.275. The number of nitrogens with one attached hydrogen (secondary N) is 1. The Kier molecular flexibility index (Phi) is 1.96. The molecule has 0 aliphatic carbocycles. The number of nitrogen functional groups attached to an aromatic ring is 1. The molecule has 1 rings (SSSR count). The second kappa shape index (κ2) is 2.78. The number of anilines is 1. The summed E-state index contributed by atoms with van der Waals surface area (Å²) in [6.45, 7) is 0. The summed E-state index contributed by atoms with van der Waals surface area (Å²) >= 11 is 5.26. The lowest BCUT2D eigenvalue weighted by Gasteiger charge is -1.94. The summed E-state index contributed by atoms with van der Waals surface area (Å²) < 4.78 is 0. The molecule has 0 unspecified atom stereocenters. The molecule has 0 saturated carbocycles. The van der Waals surface area contributed by atoms with E-state index in [1.807, 2.05) is 4.98 Å². The van der Waals surface area contributed by atoms with Crippen molar-refractivity contribution in [1.82, 2.24) is 9.97 Å². The Labute approximate surface area is 70.3 Å². The number of nitrogens with zero attached hydrogens (tertiary/aromatic N) is 2. The number of hydrogen-bond donors (Lipinski definition) is 2. The minimum atomic E-state index is -0.961. The molecule has 1 heterocycles. The van der Waals surface area contributed by atoms with E-state index in [-0.39, 0.29) is 5.28 Å². The average molecular weight is 191 g/mol.